The van der Waals surface area contributed by atoms with E-state index in [2.05, 4.69) is 0 Å². The standard InChI is InChI=1S/C12H12O5/c1-8-9(5-11(17-8)12(13)14)6-15-7-10-3-2-4-16-10/h2-5H,6-7H2,1H3,(H,13,14). The molecule has 0 aliphatic rings. The zero-order valence-electron chi connectivity index (χ0n) is 9.30. The lowest BCUT2D eigenvalue weighted by Crippen LogP contribution is -1.94. The Balaban J connectivity index is 1.92. The van der Waals surface area contributed by atoms with Crippen molar-refractivity contribution < 1.29 is 23.5 Å². The average Bonchev–Trinajstić information content (AvgIpc) is 2.89. The minimum Gasteiger partial charge on any atom is -0.475 e. The van der Waals surface area contributed by atoms with Gasteiger partial charge in [-0.3, -0.25) is 0 Å². The number of hydrogen-bond donors (Lipinski definition) is 1. The van der Waals surface area contributed by atoms with Crippen molar-refractivity contribution in [3.05, 3.63) is 47.3 Å². The monoisotopic (exact) mass is 236 g/mol. The van der Waals surface area contributed by atoms with Gasteiger partial charge in [0.05, 0.1) is 12.9 Å². The van der Waals surface area contributed by atoms with E-state index < -0.39 is 5.97 Å². The first-order chi connectivity index (χ1) is 8.16. The number of aryl methyl sites for hydroxylation is 1. The van der Waals surface area contributed by atoms with Gasteiger partial charge in [0.15, 0.2) is 0 Å². The first-order valence-electron chi connectivity index (χ1n) is 5.09. The van der Waals surface area contributed by atoms with Crippen LogP contribution in [0.1, 0.15) is 27.6 Å². The van der Waals surface area contributed by atoms with Crippen molar-refractivity contribution in [3.8, 4) is 0 Å². The molecule has 2 heterocycles. The van der Waals surface area contributed by atoms with Crippen molar-refractivity contribution in [1.82, 2.24) is 0 Å². The molecule has 5 nitrogen and oxygen atoms in total. The van der Waals surface area contributed by atoms with E-state index in [9.17, 15) is 4.79 Å². The van der Waals surface area contributed by atoms with Crippen molar-refractivity contribution in [2.45, 2.75) is 20.1 Å². The molecule has 0 aromatic carbocycles. The molecule has 2 aromatic rings. The molecule has 2 rings (SSSR count). The van der Waals surface area contributed by atoms with Gasteiger partial charge in [-0.2, -0.15) is 0 Å². The van der Waals surface area contributed by atoms with Gasteiger partial charge in [-0.05, 0) is 25.1 Å². The molecule has 90 valence electrons. The molecule has 0 aliphatic carbocycles. The molecule has 0 bridgehead atoms. The summed E-state index contributed by atoms with van der Waals surface area (Å²) in [6, 6.07) is 5.06. The molecule has 0 spiro atoms. The summed E-state index contributed by atoms with van der Waals surface area (Å²) >= 11 is 0. The van der Waals surface area contributed by atoms with Crippen molar-refractivity contribution >= 4 is 5.97 Å². The lowest BCUT2D eigenvalue weighted by atomic mass is 10.2. The second-order valence-corrected chi connectivity index (χ2v) is 3.57. The van der Waals surface area contributed by atoms with Crippen LogP contribution < -0.4 is 0 Å². The van der Waals surface area contributed by atoms with Crippen molar-refractivity contribution in [2.75, 3.05) is 0 Å². The van der Waals surface area contributed by atoms with Gasteiger partial charge in [-0.25, -0.2) is 4.79 Å². The van der Waals surface area contributed by atoms with Gasteiger partial charge < -0.3 is 18.7 Å². The van der Waals surface area contributed by atoms with Gasteiger partial charge in [0.2, 0.25) is 5.76 Å². The number of carboxylic acids is 1. The minimum atomic E-state index is -1.08. The number of carbonyl (C=O) groups is 1. The molecule has 5 heteroatoms. The van der Waals surface area contributed by atoms with E-state index in [1.165, 1.54) is 6.07 Å². The molecule has 0 atom stereocenters. The summed E-state index contributed by atoms with van der Waals surface area (Å²) in [5.74, 6) is 0.135. The Morgan fingerprint density at radius 2 is 2.29 bits per heavy atom. The maximum absolute atomic E-state index is 10.7. The highest BCUT2D eigenvalue weighted by molar-refractivity contribution is 5.84. The van der Waals surface area contributed by atoms with Crippen LogP contribution in [0.15, 0.2) is 33.3 Å². The molecule has 0 unspecified atom stereocenters. The molecule has 0 saturated heterocycles. The Kier molecular flexibility index (Phi) is 3.30. The van der Waals surface area contributed by atoms with E-state index in [0.29, 0.717) is 19.0 Å². The van der Waals surface area contributed by atoms with Crippen LogP contribution in [-0.2, 0) is 18.0 Å². The van der Waals surface area contributed by atoms with Crippen LogP contribution in [0.2, 0.25) is 0 Å². The number of hydrogen-bond acceptors (Lipinski definition) is 4. The smallest absolute Gasteiger partial charge is 0.371 e. The third-order valence-corrected chi connectivity index (χ3v) is 2.31. The van der Waals surface area contributed by atoms with E-state index in [4.69, 9.17) is 18.7 Å². The highest BCUT2D eigenvalue weighted by Crippen LogP contribution is 2.16. The maximum atomic E-state index is 10.7. The molecule has 0 aliphatic heterocycles. The van der Waals surface area contributed by atoms with Crippen LogP contribution in [0.3, 0.4) is 0 Å². The van der Waals surface area contributed by atoms with Crippen LogP contribution in [0.5, 0.6) is 0 Å². The Labute approximate surface area is 97.6 Å². The van der Waals surface area contributed by atoms with Gasteiger partial charge in [0.1, 0.15) is 18.1 Å². The summed E-state index contributed by atoms with van der Waals surface area (Å²) in [7, 11) is 0. The van der Waals surface area contributed by atoms with Crippen molar-refractivity contribution in [3.63, 3.8) is 0 Å². The summed E-state index contributed by atoms with van der Waals surface area (Å²) < 4.78 is 15.6. The largest absolute Gasteiger partial charge is 0.475 e. The first-order valence-corrected chi connectivity index (χ1v) is 5.09. The van der Waals surface area contributed by atoms with E-state index in [0.717, 1.165) is 11.3 Å². The van der Waals surface area contributed by atoms with Gasteiger partial charge in [0, 0.05) is 5.56 Å². The molecule has 2 aromatic heterocycles. The van der Waals surface area contributed by atoms with Gasteiger partial charge in [-0.1, -0.05) is 0 Å². The van der Waals surface area contributed by atoms with Crippen LogP contribution in [0.25, 0.3) is 0 Å². The summed E-state index contributed by atoms with van der Waals surface area (Å²) in [4.78, 5) is 10.7. The topological polar surface area (TPSA) is 72.8 Å². The van der Waals surface area contributed by atoms with Crippen LogP contribution in [0.4, 0.5) is 0 Å². The summed E-state index contributed by atoms with van der Waals surface area (Å²) in [6.07, 6.45) is 1.57. The highest BCUT2D eigenvalue weighted by atomic mass is 16.5. The average molecular weight is 236 g/mol. The van der Waals surface area contributed by atoms with Crippen LogP contribution >= 0.6 is 0 Å². The zero-order chi connectivity index (χ0) is 12.3. The molecule has 0 saturated carbocycles. The Bertz CT molecular complexity index is 495. The minimum absolute atomic E-state index is 0.0703. The first kappa shape index (κ1) is 11.5. The molecule has 1 N–H and O–H groups in total. The van der Waals surface area contributed by atoms with Crippen molar-refractivity contribution in [1.29, 1.82) is 0 Å². The normalized spacial score (nSPS) is 10.6. The second kappa shape index (κ2) is 4.88. The van der Waals surface area contributed by atoms with E-state index in [-0.39, 0.29) is 5.76 Å². The Morgan fingerprint density at radius 1 is 1.47 bits per heavy atom. The fourth-order valence-electron chi connectivity index (χ4n) is 1.42. The highest BCUT2D eigenvalue weighted by Gasteiger charge is 2.13. The van der Waals surface area contributed by atoms with Gasteiger partial charge in [-0.15, -0.1) is 0 Å². The lowest BCUT2D eigenvalue weighted by molar-refractivity contribution is 0.0661. The van der Waals surface area contributed by atoms with E-state index in [1.807, 2.05) is 6.07 Å². The molecular formula is C12H12O5. The molecule has 0 fully saturated rings. The predicted octanol–water partition coefficient (Wildman–Crippen LogP) is 2.60. The van der Waals surface area contributed by atoms with Crippen LogP contribution in [0, 0.1) is 6.92 Å². The molecule has 0 amide bonds. The third-order valence-electron chi connectivity index (χ3n) is 2.31. The summed E-state index contributed by atoms with van der Waals surface area (Å²) in [5.41, 5.74) is 0.731. The Morgan fingerprint density at radius 3 is 2.88 bits per heavy atom. The lowest BCUT2D eigenvalue weighted by Gasteiger charge is -2.00. The number of ether oxygens (including phenoxy) is 1. The van der Waals surface area contributed by atoms with Crippen molar-refractivity contribution in [2.24, 2.45) is 0 Å². The summed E-state index contributed by atoms with van der Waals surface area (Å²) in [6.45, 7) is 2.35. The molecular weight excluding hydrogens is 224 g/mol. The number of rotatable bonds is 5. The van der Waals surface area contributed by atoms with Gasteiger partial charge in [0.25, 0.3) is 0 Å². The van der Waals surface area contributed by atoms with Crippen LogP contribution in [-0.4, -0.2) is 11.1 Å². The Hall–Kier alpha value is -2.01. The van der Waals surface area contributed by atoms with E-state index >= 15 is 0 Å². The number of furan rings is 2. The predicted molar refractivity (Wildman–Crippen MR) is 57.6 cm³/mol. The second-order valence-electron chi connectivity index (χ2n) is 3.57. The number of aromatic carboxylic acids is 1. The van der Waals surface area contributed by atoms with Gasteiger partial charge >= 0.3 is 5.97 Å². The maximum Gasteiger partial charge on any atom is 0.371 e. The molecule has 0 radical (unpaired) electrons. The summed E-state index contributed by atoms with van der Waals surface area (Å²) in [5, 5.41) is 8.75. The zero-order valence-corrected chi connectivity index (χ0v) is 9.30. The molecule has 17 heavy (non-hydrogen) atoms. The number of carboxylic acid groups (broad SMARTS) is 1. The third kappa shape index (κ3) is 2.76. The van der Waals surface area contributed by atoms with E-state index in [1.54, 1.807) is 19.3 Å². The fourth-order valence-corrected chi connectivity index (χ4v) is 1.42. The fraction of sp³-hybridized carbons (Fsp3) is 0.250. The quantitative estimate of drug-likeness (QED) is 0.863. The SMILES string of the molecule is Cc1oc(C(=O)O)cc1COCc1ccco1.